The van der Waals surface area contributed by atoms with E-state index in [9.17, 15) is 9.59 Å². The Bertz CT molecular complexity index is 351. The first-order valence-electron chi connectivity index (χ1n) is 6.02. The quantitative estimate of drug-likeness (QED) is 0.567. The van der Waals surface area contributed by atoms with E-state index in [0.717, 1.165) is 0 Å². The SMILES string of the molecule is C=CC1(CC)OC(OC(C)=O)C(OC(C)=O)C1C. The smallest absolute Gasteiger partial charge is 0.305 e. The molecule has 5 heteroatoms. The second-order valence-electron chi connectivity index (χ2n) is 4.47. The Morgan fingerprint density at radius 2 is 1.89 bits per heavy atom. The fourth-order valence-corrected chi connectivity index (χ4v) is 2.29. The minimum atomic E-state index is -0.876. The van der Waals surface area contributed by atoms with E-state index in [-0.39, 0.29) is 5.92 Å². The zero-order valence-electron chi connectivity index (χ0n) is 11.3. The van der Waals surface area contributed by atoms with E-state index in [4.69, 9.17) is 14.2 Å². The number of carbonyl (C=O) groups is 2. The average molecular weight is 256 g/mol. The van der Waals surface area contributed by atoms with Gasteiger partial charge >= 0.3 is 11.9 Å². The molecular formula is C13H20O5. The summed E-state index contributed by atoms with van der Waals surface area (Å²) in [7, 11) is 0. The third kappa shape index (κ3) is 2.72. The molecule has 0 saturated carbocycles. The van der Waals surface area contributed by atoms with Crippen LogP contribution in [0.3, 0.4) is 0 Å². The largest absolute Gasteiger partial charge is 0.455 e. The molecule has 4 unspecified atom stereocenters. The highest BCUT2D eigenvalue weighted by atomic mass is 16.7. The van der Waals surface area contributed by atoms with Crippen LogP contribution in [0.5, 0.6) is 0 Å². The highest BCUT2D eigenvalue weighted by Gasteiger charge is 2.53. The Morgan fingerprint density at radius 3 is 2.28 bits per heavy atom. The molecule has 0 bridgehead atoms. The summed E-state index contributed by atoms with van der Waals surface area (Å²) in [6.45, 7) is 10.2. The molecule has 1 fully saturated rings. The van der Waals surface area contributed by atoms with Crippen LogP contribution in [0.25, 0.3) is 0 Å². The summed E-state index contributed by atoms with van der Waals surface area (Å²) < 4.78 is 16.0. The molecular weight excluding hydrogens is 236 g/mol. The molecule has 0 aromatic heterocycles. The van der Waals surface area contributed by atoms with E-state index < -0.39 is 29.9 Å². The molecule has 1 aliphatic heterocycles. The summed E-state index contributed by atoms with van der Waals surface area (Å²) in [5.74, 6) is -1.03. The zero-order valence-corrected chi connectivity index (χ0v) is 11.3. The Balaban J connectivity index is 2.97. The molecule has 0 N–H and O–H groups in total. The molecule has 0 aliphatic carbocycles. The van der Waals surface area contributed by atoms with Gasteiger partial charge in [-0.25, -0.2) is 0 Å². The minimum absolute atomic E-state index is 0.131. The van der Waals surface area contributed by atoms with E-state index in [1.165, 1.54) is 13.8 Å². The fourth-order valence-electron chi connectivity index (χ4n) is 2.29. The van der Waals surface area contributed by atoms with Crippen LogP contribution in [0.4, 0.5) is 0 Å². The van der Waals surface area contributed by atoms with Crippen LogP contribution in [-0.4, -0.2) is 29.9 Å². The molecule has 0 spiro atoms. The summed E-state index contributed by atoms with van der Waals surface area (Å²) in [5, 5.41) is 0. The first-order valence-corrected chi connectivity index (χ1v) is 6.02. The van der Waals surface area contributed by atoms with Crippen molar-refractivity contribution >= 4 is 11.9 Å². The van der Waals surface area contributed by atoms with Crippen molar-refractivity contribution in [3.63, 3.8) is 0 Å². The lowest BCUT2D eigenvalue weighted by atomic mass is 9.85. The van der Waals surface area contributed by atoms with Crippen LogP contribution in [-0.2, 0) is 23.8 Å². The molecule has 1 saturated heterocycles. The number of carbonyl (C=O) groups excluding carboxylic acids is 2. The lowest BCUT2D eigenvalue weighted by Gasteiger charge is -2.27. The van der Waals surface area contributed by atoms with E-state index in [2.05, 4.69) is 6.58 Å². The van der Waals surface area contributed by atoms with Crippen LogP contribution >= 0.6 is 0 Å². The standard InChI is InChI=1S/C13H20O5/c1-6-13(7-2)8(3)11(16-9(4)14)12(18-13)17-10(5)15/h6,8,11-12H,1,7H2,2-5H3. The maximum atomic E-state index is 11.1. The second-order valence-corrected chi connectivity index (χ2v) is 4.47. The van der Waals surface area contributed by atoms with Gasteiger partial charge in [0.2, 0.25) is 6.29 Å². The molecule has 102 valence electrons. The van der Waals surface area contributed by atoms with Crippen molar-refractivity contribution in [3.8, 4) is 0 Å². The molecule has 0 amide bonds. The summed E-state index contributed by atoms with van der Waals surface area (Å²) in [5.41, 5.74) is -0.639. The van der Waals surface area contributed by atoms with Gasteiger partial charge in [-0.2, -0.15) is 0 Å². The van der Waals surface area contributed by atoms with Crippen LogP contribution in [0, 0.1) is 5.92 Å². The minimum Gasteiger partial charge on any atom is -0.455 e. The molecule has 0 aromatic carbocycles. The van der Waals surface area contributed by atoms with Crippen molar-refractivity contribution in [1.29, 1.82) is 0 Å². The molecule has 1 heterocycles. The van der Waals surface area contributed by atoms with Crippen LogP contribution in [0.15, 0.2) is 12.7 Å². The average Bonchev–Trinajstić information content (AvgIpc) is 2.53. The third-order valence-electron chi connectivity index (χ3n) is 3.35. The van der Waals surface area contributed by atoms with Gasteiger partial charge < -0.3 is 14.2 Å². The van der Waals surface area contributed by atoms with Gasteiger partial charge in [0.05, 0.1) is 5.60 Å². The second kappa shape index (κ2) is 5.52. The Labute approximate surface area is 107 Å². The van der Waals surface area contributed by atoms with Crippen LogP contribution in [0.1, 0.15) is 34.1 Å². The van der Waals surface area contributed by atoms with E-state index in [1.54, 1.807) is 6.08 Å². The monoisotopic (exact) mass is 256 g/mol. The highest BCUT2D eigenvalue weighted by Crippen LogP contribution is 2.41. The normalized spacial score (nSPS) is 35.0. The molecule has 1 rings (SSSR count). The molecule has 0 radical (unpaired) electrons. The Kier molecular flexibility index (Phi) is 4.51. The Hall–Kier alpha value is -1.36. The summed E-state index contributed by atoms with van der Waals surface area (Å²) >= 11 is 0. The van der Waals surface area contributed by atoms with Gasteiger partial charge in [-0.1, -0.05) is 19.9 Å². The zero-order chi connectivity index (χ0) is 13.9. The highest BCUT2D eigenvalue weighted by molar-refractivity contribution is 5.67. The molecule has 5 nitrogen and oxygen atoms in total. The predicted molar refractivity (Wildman–Crippen MR) is 64.6 cm³/mol. The van der Waals surface area contributed by atoms with E-state index in [1.807, 2.05) is 13.8 Å². The van der Waals surface area contributed by atoms with Gasteiger partial charge in [-0.3, -0.25) is 9.59 Å². The lowest BCUT2D eigenvalue weighted by molar-refractivity contribution is -0.200. The van der Waals surface area contributed by atoms with Crippen molar-refractivity contribution in [2.24, 2.45) is 5.92 Å². The van der Waals surface area contributed by atoms with Gasteiger partial charge in [0.1, 0.15) is 0 Å². The third-order valence-corrected chi connectivity index (χ3v) is 3.35. The van der Waals surface area contributed by atoms with Crippen molar-refractivity contribution in [3.05, 3.63) is 12.7 Å². The number of rotatable bonds is 4. The number of esters is 2. The topological polar surface area (TPSA) is 61.8 Å². The molecule has 0 aromatic rings. The van der Waals surface area contributed by atoms with Crippen LogP contribution in [0.2, 0.25) is 0 Å². The summed E-state index contributed by atoms with van der Waals surface area (Å²) in [6.07, 6.45) is 0.855. The van der Waals surface area contributed by atoms with Gasteiger partial charge in [-0.05, 0) is 6.42 Å². The molecule has 1 aliphatic rings. The first-order chi connectivity index (χ1) is 8.36. The lowest BCUT2D eigenvalue weighted by Crippen LogP contribution is -2.36. The van der Waals surface area contributed by atoms with Crippen molar-refractivity contribution in [1.82, 2.24) is 0 Å². The maximum Gasteiger partial charge on any atom is 0.305 e. The summed E-state index contributed by atoms with van der Waals surface area (Å²) in [4.78, 5) is 22.2. The van der Waals surface area contributed by atoms with E-state index in [0.29, 0.717) is 6.42 Å². The Morgan fingerprint density at radius 1 is 1.33 bits per heavy atom. The van der Waals surface area contributed by atoms with E-state index >= 15 is 0 Å². The van der Waals surface area contributed by atoms with Gasteiger partial charge in [0, 0.05) is 19.8 Å². The summed E-state index contributed by atoms with van der Waals surface area (Å²) in [6, 6.07) is 0. The fraction of sp³-hybridized carbons (Fsp3) is 0.692. The molecule has 18 heavy (non-hydrogen) atoms. The van der Waals surface area contributed by atoms with Gasteiger partial charge in [0.15, 0.2) is 6.10 Å². The van der Waals surface area contributed by atoms with Gasteiger partial charge in [0.25, 0.3) is 0 Å². The predicted octanol–water partition coefficient (Wildman–Crippen LogP) is 1.81. The van der Waals surface area contributed by atoms with Gasteiger partial charge in [-0.15, -0.1) is 6.58 Å². The van der Waals surface area contributed by atoms with Crippen molar-refractivity contribution in [2.45, 2.75) is 52.1 Å². The maximum absolute atomic E-state index is 11.1. The number of ether oxygens (including phenoxy) is 3. The number of hydrogen-bond acceptors (Lipinski definition) is 5. The van der Waals surface area contributed by atoms with Crippen molar-refractivity contribution in [2.75, 3.05) is 0 Å². The van der Waals surface area contributed by atoms with Crippen LogP contribution < -0.4 is 0 Å². The molecule has 4 atom stereocenters. The van der Waals surface area contributed by atoms with Crippen molar-refractivity contribution < 1.29 is 23.8 Å². The number of hydrogen-bond donors (Lipinski definition) is 0. The first kappa shape index (κ1) is 14.7.